The normalized spacial score (nSPS) is 19.8. The Morgan fingerprint density at radius 1 is 1.40 bits per heavy atom. The number of rotatable bonds is 4. The standard InChI is InChI=1S/C15H21N3OS/c1-20-15(4-2-3-5-15)9-17-13-8-12-10(6-11(13)16)7-14(19)18-12/h6,8,17H,2-5,7,9,16H2,1H3,(H,18,19). The number of anilines is 3. The molecule has 1 saturated carbocycles. The van der Waals surface area contributed by atoms with E-state index in [1.165, 1.54) is 25.7 Å². The highest BCUT2D eigenvalue weighted by atomic mass is 32.2. The Kier molecular flexibility index (Phi) is 3.54. The van der Waals surface area contributed by atoms with Gasteiger partial charge in [0.2, 0.25) is 5.91 Å². The molecule has 1 heterocycles. The minimum Gasteiger partial charge on any atom is -0.397 e. The summed E-state index contributed by atoms with van der Waals surface area (Å²) in [6.07, 6.45) is 7.80. The molecule has 0 unspecified atom stereocenters. The molecule has 4 N–H and O–H groups in total. The number of benzene rings is 1. The quantitative estimate of drug-likeness (QED) is 0.746. The summed E-state index contributed by atoms with van der Waals surface area (Å²) in [5, 5.41) is 6.37. The Bertz CT molecular complexity index is 538. The van der Waals surface area contributed by atoms with Crippen LogP contribution in [0.15, 0.2) is 12.1 Å². The van der Waals surface area contributed by atoms with E-state index in [-0.39, 0.29) is 5.91 Å². The second-order valence-corrected chi connectivity index (χ2v) is 7.04. The molecule has 20 heavy (non-hydrogen) atoms. The molecule has 0 radical (unpaired) electrons. The van der Waals surface area contributed by atoms with Crippen molar-refractivity contribution in [1.29, 1.82) is 0 Å². The summed E-state index contributed by atoms with van der Waals surface area (Å²) in [6.45, 7) is 0.936. The minimum absolute atomic E-state index is 0.0490. The van der Waals surface area contributed by atoms with Crippen molar-refractivity contribution in [3.63, 3.8) is 0 Å². The topological polar surface area (TPSA) is 67.1 Å². The van der Waals surface area contributed by atoms with Gasteiger partial charge in [-0.15, -0.1) is 0 Å². The maximum absolute atomic E-state index is 11.4. The van der Waals surface area contributed by atoms with Gasteiger partial charge in [0.1, 0.15) is 0 Å². The van der Waals surface area contributed by atoms with Gasteiger partial charge in [-0.2, -0.15) is 11.8 Å². The molecule has 0 aromatic heterocycles. The molecule has 1 aliphatic carbocycles. The van der Waals surface area contributed by atoms with Crippen LogP contribution >= 0.6 is 11.8 Å². The summed E-state index contributed by atoms with van der Waals surface area (Å²) < 4.78 is 0.342. The number of hydrogen-bond acceptors (Lipinski definition) is 4. The van der Waals surface area contributed by atoms with Crippen LogP contribution in [0.5, 0.6) is 0 Å². The van der Waals surface area contributed by atoms with Gasteiger partial charge < -0.3 is 16.4 Å². The zero-order chi connectivity index (χ0) is 14.2. The van der Waals surface area contributed by atoms with Crippen LogP contribution in [-0.4, -0.2) is 23.5 Å². The van der Waals surface area contributed by atoms with Crippen LogP contribution in [0.1, 0.15) is 31.2 Å². The molecule has 1 aromatic rings. The average molecular weight is 291 g/mol. The molecule has 4 nitrogen and oxygen atoms in total. The van der Waals surface area contributed by atoms with E-state index < -0.39 is 0 Å². The largest absolute Gasteiger partial charge is 0.397 e. The zero-order valence-electron chi connectivity index (χ0n) is 11.8. The average Bonchev–Trinajstić information content (AvgIpc) is 3.02. The monoisotopic (exact) mass is 291 g/mol. The number of carbonyl (C=O) groups is 1. The first-order valence-electron chi connectivity index (χ1n) is 7.13. The maximum Gasteiger partial charge on any atom is 0.228 e. The number of hydrogen-bond donors (Lipinski definition) is 3. The van der Waals surface area contributed by atoms with Gasteiger partial charge in [0, 0.05) is 17.0 Å². The van der Waals surface area contributed by atoms with Crippen LogP contribution in [0.25, 0.3) is 0 Å². The number of thioether (sulfide) groups is 1. The summed E-state index contributed by atoms with van der Waals surface area (Å²) in [7, 11) is 0. The third kappa shape index (κ3) is 2.46. The molecule has 1 amide bonds. The highest BCUT2D eigenvalue weighted by Gasteiger charge is 2.33. The van der Waals surface area contributed by atoms with Crippen LogP contribution in [0.4, 0.5) is 17.1 Å². The van der Waals surface area contributed by atoms with Gasteiger partial charge in [0.25, 0.3) is 0 Å². The fourth-order valence-corrected chi connectivity index (χ4v) is 4.09. The van der Waals surface area contributed by atoms with E-state index in [0.29, 0.717) is 11.2 Å². The van der Waals surface area contributed by atoms with E-state index >= 15 is 0 Å². The molecule has 1 fully saturated rings. The van der Waals surface area contributed by atoms with E-state index in [9.17, 15) is 4.79 Å². The lowest BCUT2D eigenvalue weighted by atomic mass is 10.1. The van der Waals surface area contributed by atoms with Crippen molar-refractivity contribution in [2.75, 3.05) is 29.2 Å². The lowest BCUT2D eigenvalue weighted by Crippen LogP contribution is -2.30. The number of amides is 1. The maximum atomic E-state index is 11.4. The van der Waals surface area contributed by atoms with Crippen LogP contribution in [0, 0.1) is 0 Å². The Labute approximate surface area is 123 Å². The summed E-state index contributed by atoms with van der Waals surface area (Å²) in [6, 6.07) is 3.88. The molecular weight excluding hydrogens is 270 g/mol. The van der Waals surface area contributed by atoms with Crippen LogP contribution in [0.3, 0.4) is 0 Å². The fourth-order valence-electron chi connectivity index (χ4n) is 3.18. The second-order valence-electron chi connectivity index (χ2n) is 5.77. The number of fused-ring (bicyclic) bond motifs is 1. The van der Waals surface area contributed by atoms with Gasteiger partial charge >= 0.3 is 0 Å². The Morgan fingerprint density at radius 3 is 2.85 bits per heavy atom. The molecule has 0 spiro atoms. The molecule has 3 rings (SSSR count). The van der Waals surface area contributed by atoms with E-state index in [1.54, 1.807) is 0 Å². The van der Waals surface area contributed by atoms with E-state index in [2.05, 4.69) is 16.9 Å². The van der Waals surface area contributed by atoms with Crippen LogP contribution in [-0.2, 0) is 11.2 Å². The van der Waals surface area contributed by atoms with Gasteiger partial charge in [0.05, 0.1) is 17.8 Å². The SMILES string of the molecule is CSC1(CNc2cc3c(cc2N)CC(=O)N3)CCCC1. The predicted molar refractivity (Wildman–Crippen MR) is 86.4 cm³/mol. The molecule has 2 aliphatic rings. The summed E-state index contributed by atoms with van der Waals surface area (Å²) in [5.41, 5.74) is 9.67. The van der Waals surface area contributed by atoms with Gasteiger partial charge in [-0.1, -0.05) is 12.8 Å². The highest BCUT2D eigenvalue weighted by molar-refractivity contribution is 8.00. The van der Waals surface area contributed by atoms with Gasteiger partial charge in [-0.3, -0.25) is 4.79 Å². The van der Waals surface area contributed by atoms with Crippen LogP contribution in [0.2, 0.25) is 0 Å². The van der Waals surface area contributed by atoms with Crippen molar-refractivity contribution in [1.82, 2.24) is 0 Å². The summed E-state index contributed by atoms with van der Waals surface area (Å²) >= 11 is 1.96. The zero-order valence-corrected chi connectivity index (χ0v) is 12.6. The first-order valence-corrected chi connectivity index (χ1v) is 8.36. The van der Waals surface area contributed by atoms with Crippen molar-refractivity contribution in [2.24, 2.45) is 0 Å². The molecule has 1 aliphatic heterocycles. The third-order valence-electron chi connectivity index (χ3n) is 4.45. The first kappa shape index (κ1) is 13.6. The molecular formula is C15H21N3OS. The third-order valence-corrected chi connectivity index (χ3v) is 5.87. The molecule has 0 bridgehead atoms. The van der Waals surface area contributed by atoms with E-state index in [0.717, 1.165) is 29.2 Å². The van der Waals surface area contributed by atoms with Crippen molar-refractivity contribution in [3.8, 4) is 0 Å². The van der Waals surface area contributed by atoms with E-state index in [4.69, 9.17) is 5.73 Å². The summed E-state index contributed by atoms with van der Waals surface area (Å²) in [5.74, 6) is 0.0490. The predicted octanol–water partition coefficient (Wildman–Crippen LogP) is 2.85. The van der Waals surface area contributed by atoms with Gasteiger partial charge in [-0.05, 0) is 36.8 Å². The lowest BCUT2D eigenvalue weighted by Gasteiger charge is -2.28. The Morgan fingerprint density at radius 2 is 2.15 bits per heavy atom. The molecule has 108 valence electrons. The second kappa shape index (κ2) is 5.20. The lowest BCUT2D eigenvalue weighted by molar-refractivity contribution is -0.115. The minimum atomic E-state index is 0.0490. The number of nitrogen functional groups attached to an aromatic ring is 1. The van der Waals surface area contributed by atoms with Crippen LogP contribution < -0.4 is 16.4 Å². The smallest absolute Gasteiger partial charge is 0.228 e. The molecule has 0 atom stereocenters. The molecule has 0 saturated heterocycles. The highest BCUT2D eigenvalue weighted by Crippen LogP contribution is 2.41. The van der Waals surface area contributed by atoms with Crippen molar-refractivity contribution in [3.05, 3.63) is 17.7 Å². The van der Waals surface area contributed by atoms with Crippen molar-refractivity contribution in [2.45, 2.75) is 36.9 Å². The molecule has 1 aromatic carbocycles. The number of carbonyl (C=O) groups excluding carboxylic acids is 1. The van der Waals surface area contributed by atoms with E-state index in [1.807, 2.05) is 23.9 Å². The fraction of sp³-hybridized carbons (Fsp3) is 0.533. The Hall–Kier alpha value is -1.36. The Balaban J connectivity index is 1.75. The molecule has 5 heteroatoms. The van der Waals surface area contributed by atoms with Crippen molar-refractivity contribution >= 4 is 34.7 Å². The van der Waals surface area contributed by atoms with Gasteiger partial charge in [0.15, 0.2) is 0 Å². The number of nitrogens with one attached hydrogen (secondary N) is 2. The first-order chi connectivity index (χ1) is 9.62. The number of nitrogens with two attached hydrogens (primary N) is 1. The van der Waals surface area contributed by atoms with Crippen molar-refractivity contribution < 1.29 is 4.79 Å². The summed E-state index contributed by atoms with van der Waals surface area (Å²) in [4.78, 5) is 11.4. The van der Waals surface area contributed by atoms with Gasteiger partial charge in [-0.25, -0.2) is 0 Å².